The molecule has 0 fully saturated rings. The Kier molecular flexibility index (Phi) is 7.53. The zero-order valence-corrected chi connectivity index (χ0v) is 6.08. The largest absolute Gasteiger partial charge is 0.396 e. The van der Waals surface area contributed by atoms with E-state index in [1.54, 1.807) is 0 Å². The summed E-state index contributed by atoms with van der Waals surface area (Å²) >= 11 is 0. The Labute approximate surface area is 61.8 Å². The summed E-state index contributed by atoms with van der Waals surface area (Å²) in [5.41, 5.74) is 0. The molecular formula is C8H13NO. The van der Waals surface area contributed by atoms with E-state index in [9.17, 15) is 0 Å². The molecule has 0 aromatic carbocycles. The second-order valence-corrected chi connectivity index (χ2v) is 2.03. The number of nitriles is 1. The summed E-state index contributed by atoms with van der Waals surface area (Å²) < 4.78 is 0. The van der Waals surface area contributed by atoms with Crippen LogP contribution in [0, 0.1) is 11.3 Å². The average molecular weight is 139 g/mol. The molecule has 0 aliphatic rings. The number of hydrogen-bond donors (Lipinski definition) is 1. The van der Waals surface area contributed by atoms with E-state index in [1.165, 1.54) is 0 Å². The summed E-state index contributed by atoms with van der Waals surface area (Å²) in [5, 5.41) is 16.5. The maximum Gasteiger partial charge on any atom is 0.0624 e. The SMILES string of the molecule is N#CCC/C=C/CCCO. The third-order valence-corrected chi connectivity index (χ3v) is 1.12. The quantitative estimate of drug-likeness (QED) is 0.464. The number of aliphatic hydroxyl groups is 1. The molecule has 0 aromatic rings. The topological polar surface area (TPSA) is 44.0 Å². The van der Waals surface area contributed by atoms with Gasteiger partial charge < -0.3 is 5.11 Å². The molecule has 10 heavy (non-hydrogen) atoms. The zero-order chi connectivity index (χ0) is 7.66. The van der Waals surface area contributed by atoms with Gasteiger partial charge in [-0.1, -0.05) is 12.2 Å². The maximum atomic E-state index is 8.38. The van der Waals surface area contributed by atoms with Gasteiger partial charge in [0.25, 0.3) is 0 Å². The van der Waals surface area contributed by atoms with Crippen LogP contribution >= 0.6 is 0 Å². The molecule has 0 aromatic heterocycles. The molecule has 0 spiro atoms. The van der Waals surface area contributed by atoms with E-state index in [1.807, 2.05) is 12.2 Å². The lowest BCUT2D eigenvalue weighted by Gasteiger charge is -1.86. The first kappa shape index (κ1) is 9.19. The average Bonchev–Trinajstić information content (AvgIpc) is 1.97. The summed E-state index contributed by atoms with van der Waals surface area (Å²) in [5.74, 6) is 0. The normalized spacial score (nSPS) is 10.0. The van der Waals surface area contributed by atoms with Crippen molar-refractivity contribution in [1.82, 2.24) is 0 Å². The second-order valence-electron chi connectivity index (χ2n) is 2.03. The Balaban J connectivity index is 2.98. The van der Waals surface area contributed by atoms with Crippen molar-refractivity contribution in [3.05, 3.63) is 12.2 Å². The fourth-order valence-corrected chi connectivity index (χ4v) is 0.593. The minimum atomic E-state index is 0.253. The molecule has 0 amide bonds. The van der Waals surface area contributed by atoms with Gasteiger partial charge >= 0.3 is 0 Å². The lowest BCUT2D eigenvalue weighted by atomic mass is 10.2. The van der Waals surface area contributed by atoms with Gasteiger partial charge in [-0.2, -0.15) is 5.26 Å². The fraction of sp³-hybridized carbons (Fsp3) is 0.625. The smallest absolute Gasteiger partial charge is 0.0624 e. The highest BCUT2D eigenvalue weighted by Gasteiger charge is 1.79. The third-order valence-electron chi connectivity index (χ3n) is 1.12. The monoisotopic (exact) mass is 139 g/mol. The molecule has 0 aliphatic carbocycles. The van der Waals surface area contributed by atoms with Crippen LogP contribution in [0.25, 0.3) is 0 Å². The Morgan fingerprint density at radius 2 is 2.00 bits per heavy atom. The maximum absolute atomic E-state index is 8.38. The number of aliphatic hydroxyl groups excluding tert-OH is 1. The summed E-state index contributed by atoms with van der Waals surface area (Å²) in [6.07, 6.45) is 7.16. The molecule has 0 bridgehead atoms. The first-order valence-electron chi connectivity index (χ1n) is 3.54. The fourth-order valence-electron chi connectivity index (χ4n) is 0.593. The van der Waals surface area contributed by atoms with Crippen LogP contribution in [0.3, 0.4) is 0 Å². The Morgan fingerprint density at radius 3 is 2.60 bits per heavy atom. The molecular weight excluding hydrogens is 126 g/mol. The van der Waals surface area contributed by atoms with Crippen molar-refractivity contribution in [2.75, 3.05) is 6.61 Å². The Hall–Kier alpha value is -0.810. The molecule has 0 saturated heterocycles. The van der Waals surface area contributed by atoms with Gasteiger partial charge in [-0.25, -0.2) is 0 Å². The number of nitrogens with zero attached hydrogens (tertiary/aromatic N) is 1. The minimum absolute atomic E-state index is 0.253. The molecule has 2 heteroatoms. The van der Waals surface area contributed by atoms with Crippen molar-refractivity contribution >= 4 is 0 Å². The molecule has 0 heterocycles. The predicted octanol–water partition coefficient (Wildman–Crippen LogP) is 1.62. The van der Waals surface area contributed by atoms with Gasteiger partial charge in [0.2, 0.25) is 0 Å². The number of rotatable bonds is 5. The molecule has 0 atom stereocenters. The molecule has 1 N–H and O–H groups in total. The first-order valence-corrected chi connectivity index (χ1v) is 3.54. The van der Waals surface area contributed by atoms with Gasteiger partial charge in [0.15, 0.2) is 0 Å². The number of hydrogen-bond acceptors (Lipinski definition) is 2. The van der Waals surface area contributed by atoms with Gasteiger partial charge in [0.1, 0.15) is 0 Å². The highest BCUT2D eigenvalue weighted by atomic mass is 16.2. The van der Waals surface area contributed by atoms with Crippen LogP contribution in [-0.2, 0) is 0 Å². The first-order chi connectivity index (χ1) is 4.91. The zero-order valence-electron chi connectivity index (χ0n) is 6.08. The number of allylic oxidation sites excluding steroid dienone is 2. The molecule has 56 valence electrons. The van der Waals surface area contributed by atoms with Crippen LogP contribution in [-0.4, -0.2) is 11.7 Å². The lowest BCUT2D eigenvalue weighted by Crippen LogP contribution is -1.78. The molecule has 0 saturated carbocycles. The second kappa shape index (κ2) is 8.19. The van der Waals surface area contributed by atoms with Crippen LogP contribution in [0.5, 0.6) is 0 Å². The summed E-state index contributed by atoms with van der Waals surface area (Å²) in [4.78, 5) is 0. The standard InChI is InChI=1S/C8H13NO/c9-7-5-3-1-2-4-6-8-10/h1-2,10H,3-6,8H2/b2-1+. The van der Waals surface area contributed by atoms with Crippen molar-refractivity contribution in [3.8, 4) is 6.07 Å². The summed E-state index contributed by atoms with van der Waals surface area (Å²) in [7, 11) is 0. The van der Waals surface area contributed by atoms with E-state index >= 15 is 0 Å². The Morgan fingerprint density at radius 1 is 1.30 bits per heavy atom. The van der Waals surface area contributed by atoms with Crippen molar-refractivity contribution in [1.29, 1.82) is 5.26 Å². The predicted molar refractivity (Wildman–Crippen MR) is 40.3 cm³/mol. The van der Waals surface area contributed by atoms with Crippen molar-refractivity contribution in [2.45, 2.75) is 25.7 Å². The van der Waals surface area contributed by atoms with Crippen LogP contribution in [0.2, 0.25) is 0 Å². The van der Waals surface area contributed by atoms with Gasteiger partial charge in [-0.3, -0.25) is 0 Å². The van der Waals surface area contributed by atoms with Crippen LogP contribution in [0.4, 0.5) is 0 Å². The van der Waals surface area contributed by atoms with Gasteiger partial charge in [0.05, 0.1) is 6.07 Å². The third kappa shape index (κ3) is 7.19. The van der Waals surface area contributed by atoms with E-state index in [0.717, 1.165) is 19.3 Å². The van der Waals surface area contributed by atoms with E-state index in [0.29, 0.717) is 6.42 Å². The van der Waals surface area contributed by atoms with E-state index < -0.39 is 0 Å². The minimum Gasteiger partial charge on any atom is -0.396 e. The number of unbranched alkanes of at least 4 members (excludes halogenated alkanes) is 2. The Bertz CT molecular complexity index is 124. The van der Waals surface area contributed by atoms with Gasteiger partial charge in [0, 0.05) is 13.0 Å². The van der Waals surface area contributed by atoms with Crippen molar-refractivity contribution in [2.24, 2.45) is 0 Å². The summed E-state index contributed by atoms with van der Waals surface area (Å²) in [6.45, 7) is 0.253. The molecule has 2 nitrogen and oxygen atoms in total. The lowest BCUT2D eigenvalue weighted by molar-refractivity contribution is 0.289. The molecule has 0 aliphatic heterocycles. The highest BCUT2D eigenvalue weighted by molar-refractivity contribution is 4.85. The van der Waals surface area contributed by atoms with Crippen LogP contribution in [0.1, 0.15) is 25.7 Å². The van der Waals surface area contributed by atoms with Gasteiger partial charge in [-0.15, -0.1) is 0 Å². The van der Waals surface area contributed by atoms with Crippen molar-refractivity contribution < 1.29 is 5.11 Å². The van der Waals surface area contributed by atoms with Crippen LogP contribution in [0.15, 0.2) is 12.2 Å². The highest BCUT2D eigenvalue weighted by Crippen LogP contribution is 1.93. The molecule has 0 unspecified atom stereocenters. The van der Waals surface area contributed by atoms with E-state index in [-0.39, 0.29) is 6.61 Å². The van der Waals surface area contributed by atoms with Gasteiger partial charge in [-0.05, 0) is 19.3 Å². The van der Waals surface area contributed by atoms with E-state index in [2.05, 4.69) is 6.07 Å². The molecule has 0 rings (SSSR count). The molecule has 0 radical (unpaired) electrons. The van der Waals surface area contributed by atoms with Crippen LogP contribution < -0.4 is 0 Å². The van der Waals surface area contributed by atoms with Crippen molar-refractivity contribution in [3.63, 3.8) is 0 Å². The summed E-state index contributed by atoms with van der Waals surface area (Å²) in [6, 6.07) is 2.06. The van der Waals surface area contributed by atoms with E-state index in [4.69, 9.17) is 10.4 Å².